The number of fused-ring (bicyclic) bond motifs is 1. The van der Waals surface area contributed by atoms with E-state index in [2.05, 4.69) is 0 Å². The minimum Gasteiger partial charge on any atom is -0.487 e. The molecule has 1 saturated carbocycles. The van der Waals surface area contributed by atoms with Crippen LogP contribution in [0.3, 0.4) is 0 Å². The van der Waals surface area contributed by atoms with Gasteiger partial charge in [-0.25, -0.2) is 0 Å². The van der Waals surface area contributed by atoms with Crippen LogP contribution in [0.15, 0.2) is 18.2 Å². The molecule has 1 fully saturated rings. The Morgan fingerprint density at radius 2 is 2.28 bits per heavy atom. The normalized spacial score (nSPS) is 22.3. The molecule has 4 heteroatoms. The predicted octanol–water partition coefficient (Wildman–Crippen LogP) is 1.67. The minimum absolute atomic E-state index is 0.0354. The second-order valence-corrected chi connectivity index (χ2v) is 5.16. The van der Waals surface area contributed by atoms with Gasteiger partial charge >= 0.3 is 0 Å². The van der Waals surface area contributed by atoms with E-state index in [4.69, 9.17) is 10.5 Å². The zero-order valence-electron chi connectivity index (χ0n) is 10.6. The van der Waals surface area contributed by atoms with Crippen molar-refractivity contribution in [1.82, 2.24) is 0 Å². The van der Waals surface area contributed by atoms with Gasteiger partial charge in [0.25, 0.3) is 0 Å². The van der Waals surface area contributed by atoms with Crippen LogP contribution in [-0.2, 0) is 11.3 Å². The first-order valence-corrected chi connectivity index (χ1v) is 6.50. The van der Waals surface area contributed by atoms with Gasteiger partial charge in [0.1, 0.15) is 11.9 Å². The van der Waals surface area contributed by atoms with Crippen molar-refractivity contribution in [2.24, 2.45) is 11.7 Å². The van der Waals surface area contributed by atoms with Crippen molar-refractivity contribution in [1.29, 1.82) is 0 Å². The molecule has 3 rings (SSSR count). The van der Waals surface area contributed by atoms with Gasteiger partial charge in [0.15, 0.2) is 0 Å². The van der Waals surface area contributed by atoms with E-state index in [1.54, 1.807) is 0 Å². The molecule has 1 atom stereocenters. The molecule has 1 heterocycles. The highest BCUT2D eigenvalue weighted by atomic mass is 16.5. The number of anilines is 1. The first-order chi connectivity index (χ1) is 8.69. The summed E-state index contributed by atoms with van der Waals surface area (Å²) in [7, 11) is 0. The van der Waals surface area contributed by atoms with E-state index in [0.717, 1.165) is 29.8 Å². The van der Waals surface area contributed by atoms with E-state index in [0.29, 0.717) is 13.1 Å². The number of carbonyl (C=O) groups is 1. The Bertz CT molecular complexity index is 483. The molecule has 1 aliphatic carbocycles. The number of hydrogen-bond acceptors (Lipinski definition) is 3. The van der Waals surface area contributed by atoms with E-state index in [1.165, 1.54) is 0 Å². The number of nitrogens with zero attached hydrogens (tertiary/aromatic N) is 1. The van der Waals surface area contributed by atoms with E-state index < -0.39 is 0 Å². The van der Waals surface area contributed by atoms with Gasteiger partial charge in [0, 0.05) is 12.5 Å². The number of carbonyl (C=O) groups excluding carboxylic acids is 1. The number of nitrogens with two attached hydrogens (primary N) is 1. The second-order valence-electron chi connectivity index (χ2n) is 5.16. The molecule has 4 nitrogen and oxygen atoms in total. The van der Waals surface area contributed by atoms with Gasteiger partial charge in [-0.15, -0.1) is 0 Å². The summed E-state index contributed by atoms with van der Waals surface area (Å²) >= 11 is 0. The molecule has 1 aliphatic heterocycles. The maximum absolute atomic E-state index is 12.3. The molecule has 0 aromatic heterocycles. The van der Waals surface area contributed by atoms with Crippen LogP contribution in [0.5, 0.6) is 5.75 Å². The highest BCUT2D eigenvalue weighted by Crippen LogP contribution is 2.39. The van der Waals surface area contributed by atoms with E-state index in [9.17, 15) is 4.79 Å². The van der Waals surface area contributed by atoms with Crippen LogP contribution in [0.4, 0.5) is 5.69 Å². The molecular formula is C14H18N2O2. The maximum Gasteiger partial charge on any atom is 0.230 e. The molecule has 0 bridgehead atoms. The Morgan fingerprint density at radius 1 is 1.50 bits per heavy atom. The molecule has 96 valence electrons. The SMILES string of the molecule is CC1CN(C(=O)C2CC2)c2ccc(CN)cc2O1. The third kappa shape index (κ3) is 1.97. The minimum atomic E-state index is 0.0354. The third-order valence-corrected chi connectivity index (χ3v) is 3.51. The molecule has 1 unspecified atom stereocenters. The zero-order valence-corrected chi connectivity index (χ0v) is 10.6. The molecule has 1 aromatic carbocycles. The van der Waals surface area contributed by atoms with Gasteiger partial charge in [-0.3, -0.25) is 4.79 Å². The molecule has 0 saturated heterocycles. The molecule has 1 aromatic rings. The molecule has 2 N–H and O–H groups in total. The second kappa shape index (κ2) is 4.28. The summed E-state index contributed by atoms with van der Waals surface area (Å²) < 4.78 is 5.81. The quantitative estimate of drug-likeness (QED) is 0.863. The van der Waals surface area contributed by atoms with Crippen molar-refractivity contribution in [3.8, 4) is 5.75 Å². The van der Waals surface area contributed by atoms with Gasteiger partial charge in [-0.1, -0.05) is 6.07 Å². The summed E-state index contributed by atoms with van der Waals surface area (Å²) in [4.78, 5) is 14.1. The maximum atomic E-state index is 12.3. The van der Waals surface area contributed by atoms with Crippen molar-refractivity contribution < 1.29 is 9.53 Å². The summed E-state index contributed by atoms with van der Waals surface area (Å²) in [5, 5.41) is 0. The van der Waals surface area contributed by atoms with Crippen molar-refractivity contribution in [3.05, 3.63) is 23.8 Å². The lowest BCUT2D eigenvalue weighted by molar-refractivity contribution is -0.120. The smallest absolute Gasteiger partial charge is 0.230 e. The van der Waals surface area contributed by atoms with Gasteiger partial charge in [-0.05, 0) is 37.5 Å². The summed E-state index contributed by atoms with van der Waals surface area (Å²) in [5.41, 5.74) is 7.55. The van der Waals surface area contributed by atoms with Crippen LogP contribution in [-0.4, -0.2) is 18.6 Å². The van der Waals surface area contributed by atoms with Crippen LogP contribution < -0.4 is 15.4 Å². The van der Waals surface area contributed by atoms with Gasteiger partial charge < -0.3 is 15.4 Å². The highest BCUT2D eigenvalue weighted by molar-refractivity contribution is 5.98. The first-order valence-electron chi connectivity index (χ1n) is 6.50. The lowest BCUT2D eigenvalue weighted by atomic mass is 10.1. The number of hydrogen-bond donors (Lipinski definition) is 1. The average molecular weight is 246 g/mol. The molecule has 1 amide bonds. The topological polar surface area (TPSA) is 55.6 Å². The molecule has 0 radical (unpaired) electrons. The monoisotopic (exact) mass is 246 g/mol. The predicted molar refractivity (Wildman–Crippen MR) is 69.5 cm³/mol. The van der Waals surface area contributed by atoms with Gasteiger partial charge in [0.2, 0.25) is 5.91 Å². The van der Waals surface area contributed by atoms with Crippen LogP contribution in [0.2, 0.25) is 0 Å². The highest BCUT2D eigenvalue weighted by Gasteiger charge is 2.37. The Kier molecular flexibility index (Phi) is 2.74. The van der Waals surface area contributed by atoms with Crippen LogP contribution in [0.25, 0.3) is 0 Å². The molecule has 0 spiro atoms. The fraction of sp³-hybridized carbons (Fsp3) is 0.500. The van der Waals surface area contributed by atoms with Crippen molar-refractivity contribution in [2.75, 3.05) is 11.4 Å². The van der Waals surface area contributed by atoms with E-state index >= 15 is 0 Å². The van der Waals surface area contributed by atoms with Crippen LogP contribution in [0, 0.1) is 5.92 Å². The van der Waals surface area contributed by atoms with E-state index in [1.807, 2.05) is 30.0 Å². The Balaban J connectivity index is 1.96. The number of benzene rings is 1. The standard InChI is InChI=1S/C14H18N2O2/c1-9-8-16(14(17)11-3-4-11)12-5-2-10(7-15)6-13(12)18-9/h2,5-6,9,11H,3-4,7-8,15H2,1H3. The average Bonchev–Trinajstić information content (AvgIpc) is 3.20. The summed E-state index contributed by atoms with van der Waals surface area (Å²) in [5.74, 6) is 1.26. The Morgan fingerprint density at radius 3 is 2.94 bits per heavy atom. The molecule has 18 heavy (non-hydrogen) atoms. The fourth-order valence-electron chi connectivity index (χ4n) is 2.37. The summed E-state index contributed by atoms with van der Waals surface area (Å²) in [6, 6.07) is 5.85. The number of ether oxygens (including phenoxy) is 1. The zero-order chi connectivity index (χ0) is 12.7. The Hall–Kier alpha value is -1.55. The number of rotatable bonds is 2. The van der Waals surface area contributed by atoms with Gasteiger partial charge in [-0.2, -0.15) is 0 Å². The lowest BCUT2D eigenvalue weighted by Crippen LogP contribution is -2.43. The lowest BCUT2D eigenvalue weighted by Gasteiger charge is -2.33. The fourth-order valence-corrected chi connectivity index (χ4v) is 2.37. The number of amides is 1. The van der Waals surface area contributed by atoms with Crippen molar-refractivity contribution in [2.45, 2.75) is 32.4 Å². The van der Waals surface area contributed by atoms with Crippen molar-refractivity contribution >= 4 is 11.6 Å². The molecular weight excluding hydrogens is 228 g/mol. The van der Waals surface area contributed by atoms with Crippen LogP contribution in [0.1, 0.15) is 25.3 Å². The third-order valence-electron chi connectivity index (χ3n) is 3.51. The summed E-state index contributed by atoms with van der Waals surface area (Å²) in [6.07, 6.45) is 2.09. The largest absolute Gasteiger partial charge is 0.487 e. The summed E-state index contributed by atoms with van der Waals surface area (Å²) in [6.45, 7) is 3.12. The first kappa shape index (κ1) is 11.5. The Labute approximate surface area is 107 Å². The van der Waals surface area contributed by atoms with Crippen LogP contribution >= 0.6 is 0 Å². The van der Waals surface area contributed by atoms with Gasteiger partial charge in [0.05, 0.1) is 12.2 Å². The van der Waals surface area contributed by atoms with Crippen molar-refractivity contribution in [3.63, 3.8) is 0 Å². The molecule has 2 aliphatic rings. The van der Waals surface area contributed by atoms with E-state index in [-0.39, 0.29) is 17.9 Å².